The van der Waals surface area contributed by atoms with Gasteiger partial charge in [-0.1, -0.05) is 50.1 Å². The monoisotopic (exact) mass is 1730 g/mol. The predicted octanol–water partition coefficient (Wildman–Crippen LogP) is 15.0. The molecular weight excluding hydrogens is 1640 g/mol. The van der Waals surface area contributed by atoms with Gasteiger partial charge in [0.2, 0.25) is 0 Å². The molecule has 443 valence electrons. The average Bonchev–Trinajstić information content (AvgIpc) is 4.24. The molecule has 1 aromatic carbocycles. The molecule has 3 aromatic rings. The Labute approximate surface area is 539 Å². The van der Waals surface area contributed by atoms with Crippen LogP contribution >= 0.6 is 99.9 Å². The number of aliphatic hydroxyl groups excluding tert-OH is 2. The van der Waals surface area contributed by atoms with Crippen LogP contribution in [0.2, 0.25) is 0 Å². The predicted molar refractivity (Wildman–Crippen MR) is 347 cm³/mol. The van der Waals surface area contributed by atoms with Crippen LogP contribution in [0.15, 0.2) is 45.4 Å². The summed E-state index contributed by atoms with van der Waals surface area (Å²) < 4.78 is 11.4. The SMILES string of the molecule is C[C@]12CC[C@H](O)C[C@H]1CCC1C2CC[C@]2(C)[C@@H](c3cc(CCCN)on3)CC[C@]12O.C[C@]12CC[C@H](O)C[C@H]1CCC1C2CC[C@]2(C)[C@@H](c3cc(CCCN4C(=O)c5ccccc5C4=O)on3)CC[C@]12O.[CH3-].[CH3-].[I][V]([I])[I].[I][V][I]. The summed E-state index contributed by atoms with van der Waals surface area (Å²) in [6.07, 6.45) is 21.0. The van der Waals surface area contributed by atoms with Gasteiger partial charge in [-0.25, -0.2) is 0 Å². The number of hydrogen-bond donors (Lipinski definition) is 5. The molecule has 79 heavy (non-hydrogen) atoms. The van der Waals surface area contributed by atoms with Gasteiger partial charge in [-0.3, -0.25) is 14.5 Å². The molecule has 9 aliphatic rings. The van der Waals surface area contributed by atoms with Gasteiger partial charge in [-0.2, -0.15) is 0 Å². The zero-order valence-electron chi connectivity index (χ0n) is 47.3. The van der Waals surface area contributed by atoms with Crippen LogP contribution in [0.25, 0.3) is 0 Å². The Kier molecular flexibility index (Phi) is 23.9. The third-order valence-corrected chi connectivity index (χ3v) is 22.8. The van der Waals surface area contributed by atoms with Gasteiger partial charge >= 0.3 is 114 Å². The molecule has 8 saturated carbocycles. The fourth-order valence-electron chi connectivity index (χ4n) is 18.7. The van der Waals surface area contributed by atoms with Crippen molar-refractivity contribution in [2.75, 3.05) is 13.1 Å². The Morgan fingerprint density at radius 2 is 1.04 bits per heavy atom. The van der Waals surface area contributed by atoms with Gasteiger partial charge in [0, 0.05) is 54.2 Å². The van der Waals surface area contributed by atoms with Crippen molar-refractivity contribution >= 4 is 112 Å². The molecule has 0 radical (unpaired) electrons. The fraction of sp³-hybridized carbons (Fsp3) is 0.733. The van der Waals surface area contributed by atoms with Crippen molar-refractivity contribution in [3.63, 3.8) is 0 Å². The first-order valence-corrected chi connectivity index (χ1v) is 51.2. The zero-order valence-corrected chi connectivity index (χ0v) is 60.9. The third kappa shape index (κ3) is 12.8. The minimum absolute atomic E-state index is 0. The topological polar surface area (TPSA) is 196 Å². The molecule has 4 unspecified atom stereocenters. The molecular formula is C60H88I5N4O8V2-2. The van der Waals surface area contributed by atoms with Crippen LogP contribution < -0.4 is 5.73 Å². The number of aromatic nitrogens is 2. The zero-order chi connectivity index (χ0) is 55.3. The van der Waals surface area contributed by atoms with Crippen molar-refractivity contribution in [2.45, 2.75) is 204 Å². The summed E-state index contributed by atoms with van der Waals surface area (Å²) in [5.74, 6) is 4.66. The van der Waals surface area contributed by atoms with Crippen LogP contribution in [0.3, 0.4) is 0 Å². The summed E-state index contributed by atoms with van der Waals surface area (Å²) in [6, 6.07) is 11.2. The maximum absolute atomic E-state index is 12.7. The molecule has 2 aromatic heterocycles. The molecule has 12 rings (SSSR count). The van der Waals surface area contributed by atoms with Crippen molar-refractivity contribution in [3.05, 3.63) is 85.3 Å². The van der Waals surface area contributed by atoms with Gasteiger partial charge in [-0.05, 0) is 193 Å². The maximum atomic E-state index is 12.7. The number of carbonyl (C=O) groups is 2. The molecule has 0 spiro atoms. The number of rotatable bonds is 9. The quantitative estimate of drug-likeness (QED) is 0.0777. The van der Waals surface area contributed by atoms with E-state index in [1.807, 2.05) is 0 Å². The van der Waals surface area contributed by atoms with E-state index in [9.17, 15) is 30.0 Å². The summed E-state index contributed by atoms with van der Waals surface area (Å²) in [5, 5.41) is 54.3. The number of carbonyl (C=O) groups excluding carboxylic acids is 2. The van der Waals surface area contributed by atoms with Crippen molar-refractivity contribution in [3.8, 4) is 0 Å². The summed E-state index contributed by atoms with van der Waals surface area (Å²) >= 11 is 12.1. The van der Waals surface area contributed by atoms with Crippen molar-refractivity contribution < 1.29 is 53.4 Å². The van der Waals surface area contributed by atoms with E-state index in [0.717, 1.165) is 145 Å². The Morgan fingerprint density at radius 1 is 0.633 bits per heavy atom. The van der Waals surface area contributed by atoms with Crippen LogP contribution in [0.1, 0.15) is 212 Å². The first-order valence-electron chi connectivity index (χ1n) is 28.7. The number of aliphatic hydroxyl groups is 4. The molecule has 8 aliphatic carbocycles. The first-order chi connectivity index (χ1) is 36.6. The second kappa shape index (κ2) is 27.8. The number of nitrogens with two attached hydrogens (primary N) is 1. The number of halogens is 5. The van der Waals surface area contributed by atoms with Gasteiger partial charge in [0.15, 0.2) is 0 Å². The van der Waals surface area contributed by atoms with Crippen LogP contribution in [-0.2, 0) is 27.2 Å². The van der Waals surface area contributed by atoms with Gasteiger partial charge in [0.05, 0.1) is 45.9 Å². The summed E-state index contributed by atoms with van der Waals surface area (Å²) in [7, 11) is 0.628. The molecule has 19 heteroatoms. The number of imide groups is 1. The fourth-order valence-corrected chi connectivity index (χ4v) is 18.7. The van der Waals surface area contributed by atoms with E-state index >= 15 is 0 Å². The standard InChI is InChI=1S/C33H42N2O5.C25H40N2O3.2CH3.5HI.2V/c1-31-14-11-21(36)18-20(31)9-10-26-25(31)12-15-32(2)27(13-16-33(26,32)39)28-19-22(40-34-28)6-5-17-35-29(37)23-7-3-4-8-24(23)30(35)38;1-23-10-7-17(28)14-16(23)5-6-20-19(23)8-11-24(2)21(9-12-25(20,24)29)22-15-18(30-27-22)4-3-13-26;;;;;;;;;/h3-4,7-8,19-21,25-27,36,39H,5-6,9-18H2,1-2H3;15-17,19-21,28-29H,3-14,26H2,1-2H3;2*1H3;5*1H;;/q;;2*-1;;;;;;+2;+3/p-5/t20-,21+,25?,26?,27-,31+,32-,33+;16-,17+,19?,20?,21-,23+,24-,25+;;;;;;;;;/m11........./s1. The van der Waals surface area contributed by atoms with Crippen LogP contribution in [0.5, 0.6) is 0 Å². The normalized spacial score (nSPS) is 39.4. The Morgan fingerprint density at radius 3 is 1.44 bits per heavy atom. The number of amides is 2. The molecule has 0 saturated heterocycles. The van der Waals surface area contributed by atoms with Crippen molar-refractivity contribution in [1.29, 1.82) is 0 Å². The van der Waals surface area contributed by atoms with E-state index in [1.165, 1.54) is 11.3 Å². The molecule has 8 fully saturated rings. The molecule has 3 heterocycles. The van der Waals surface area contributed by atoms with Crippen molar-refractivity contribution in [1.82, 2.24) is 15.2 Å². The second-order valence-electron chi connectivity index (χ2n) is 25.8. The van der Waals surface area contributed by atoms with E-state index in [4.69, 9.17) is 14.8 Å². The first kappa shape index (κ1) is 67.9. The van der Waals surface area contributed by atoms with Crippen LogP contribution in [0.4, 0.5) is 0 Å². The second-order valence-corrected chi connectivity index (χ2v) is 72.9. The van der Waals surface area contributed by atoms with Gasteiger partial charge in [0.25, 0.3) is 11.8 Å². The number of fused-ring (bicyclic) bond motifs is 11. The number of nitrogens with zero attached hydrogens (tertiary/aromatic N) is 3. The van der Waals surface area contributed by atoms with Crippen molar-refractivity contribution in [2.24, 2.45) is 62.9 Å². The van der Waals surface area contributed by atoms with E-state index in [1.54, 1.807) is 24.3 Å². The summed E-state index contributed by atoms with van der Waals surface area (Å²) in [6.45, 7) is 10.6. The average molecular weight is 1730 g/mol. The van der Waals surface area contributed by atoms with Gasteiger partial charge in [-0.15, -0.1) is 0 Å². The number of benzene rings is 1. The molecule has 0 bridgehead atoms. The van der Waals surface area contributed by atoms with Gasteiger partial charge < -0.3 is 50.1 Å². The number of aryl methyl sites for hydroxylation is 2. The molecule has 6 N–H and O–H groups in total. The molecule has 2 amide bonds. The van der Waals surface area contributed by atoms with Crippen LogP contribution in [0, 0.1) is 72.0 Å². The third-order valence-electron chi connectivity index (χ3n) is 22.8. The Hall–Kier alpha value is 1.40. The molecule has 1 aliphatic heterocycles. The Bertz CT molecular complexity index is 2510. The minimum atomic E-state index is -0.699. The molecule has 12 nitrogen and oxygen atoms in total. The number of hydrogen-bond acceptors (Lipinski definition) is 11. The van der Waals surface area contributed by atoms with E-state index < -0.39 is 11.2 Å². The van der Waals surface area contributed by atoms with Gasteiger partial charge in [0.1, 0.15) is 11.5 Å². The summed E-state index contributed by atoms with van der Waals surface area (Å²) in [5.41, 5.74) is 7.41. The van der Waals surface area contributed by atoms with E-state index in [-0.39, 0.29) is 77.3 Å². The van der Waals surface area contributed by atoms with Crippen LogP contribution in [-0.4, -0.2) is 84.0 Å². The Balaban J connectivity index is 0.000000206. The summed E-state index contributed by atoms with van der Waals surface area (Å²) in [4.78, 5) is 26.4. The van der Waals surface area contributed by atoms with E-state index in [0.29, 0.717) is 82.0 Å². The molecule has 16 atom stereocenters. The van der Waals surface area contributed by atoms with E-state index in [2.05, 4.69) is 150 Å².